The Balaban J connectivity index is 2.55. The SMILES string of the molecule is Cc1cc(C)c(C(NN)c2ccccc2Br)cc1C. The van der Waals surface area contributed by atoms with Crippen molar-refractivity contribution in [3.63, 3.8) is 0 Å². The Kier molecular flexibility index (Phi) is 4.40. The monoisotopic (exact) mass is 318 g/mol. The van der Waals surface area contributed by atoms with E-state index in [1.165, 1.54) is 22.3 Å². The Labute approximate surface area is 123 Å². The first-order valence-electron chi connectivity index (χ1n) is 6.33. The van der Waals surface area contributed by atoms with Crippen LogP contribution in [0.1, 0.15) is 33.9 Å². The van der Waals surface area contributed by atoms with Gasteiger partial charge in [0.2, 0.25) is 0 Å². The second-order valence-corrected chi connectivity index (χ2v) is 5.77. The van der Waals surface area contributed by atoms with Gasteiger partial charge in [0.1, 0.15) is 0 Å². The largest absolute Gasteiger partial charge is 0.271 e. The van der Waals surface area contributed by atoms with Crippen LogP contribution in [0.3, 0.4) is 0 Å². The Hall–Kier alpha value is -1.16. The fourth-order valence-electron chi connectivity index (χ4n) is 2.35. The van der Waals surface area contributed by atoms with Crippen molar-refractivity contribution in [3.8, 4) is 0 Å². The molecule has 0 spiro atoms. The van der Waals surface area contributed by atoms with E-state index in [1.54, 1.807) is 0 Å². The lowest BCUT2D eigenvalue weighted by Crippen LogP contribution is -2.29. The summed E-state index contributed by atoms with van der Waals surface area (Å²) in [4.78, 5) is 0. The molecule has 0 saturated carbocycles. The average molecular weight is 319 g/mol. The maximum atomic E-state index is 5.79. The van der Waals surface area contributed by atoms with E-state index in [4.69, 9.17) is 5.84 Å². The molecule has 0 aliphatic carbocycles. The van der Waals surface area contributed by atoms with Crippen LogP contribution >= 0.6 is 15.9 Å². The summed E-state index contributed by atoms with van der Waals surface area (Å²) in [6.07, 6.45) is 0. The summed E-state index contributed by atoms with van der Waals surface area (Å²) in [5.74, 6) is 5.79. The molecule has 2 aromatic carbocycles. The van der Waals surface area contributed by atoms with Crippen molar-refractivity contribution >= 4 is 15.9 Å². The highest BCUT2D eigenvalue weighted by atomic mass is 79.9. The highest BCUT2D eigenvalue weighted by Gasteiger charge is 2.17. The molecule has 0 amide bonds. The van der Waals surface area contributed by atoms with E-state index in [2.05, 4.69) is 60.3 Å². The second-order valence-electron chi connectivity index (χ2n) is 4.91. The number of hydrazine groups is 1. The van der Waals surface area contributed by atoms with Crippen molar-refractivity contribution in [1.82, 2.24) is 5.43 Å². The van der Waals surface area contributed by atoms with Gasteiger partial charge < -0.3 is 0 Å². The molecule has 100 valence electrons. The van der Waals surface area contributed by atoms with Crippen LogP contribution < -0.4 is 11.3 Å². The predicted octanol–water partition coefficient (Wildman–Crippen LogP) is 3.93. The van der Waals surface area contributed by atoms with Gasteiger partial charge >= 0.3 is 0 Å². The van der Waals surface area contributed by atoms with Crippen LogP contribution in [-0.2, 0) is 0 Å². The van der Waals surface area contributed by atoms with Gasteiger partial charge in [-0.2, -0.15) is 0 Å². The Morgan fingerprint density at radius 1 is 0.947 bits per heavy atom. The maximum absolute atomic E-state index is 5.79. The van der Waals surface area contributed by atoms with E-state index in [9.17, 15) is 0 Å². The number of aryl methyl sites for hydroxylation is 3. The summed E-state index contributed by atoms with van der Waals surface area (Å²) >= 11 is 3.60. The molecular weight excluding hydrogens is 300 g/mol. The molecule has 19 heavy (non-hydrogen) atoms. The molecule has 0 heterocycles. The molecule has 0 aliphatic heterocycles. The molecule has 0 fully saturated rings. The normalized spacial score (nSPS) is 12.5. The van der Waals surface area contributed by atoms with Gasteiger partial charge in [-0.3, -0.25) is 5.84 Å². The molecule has 1 atom stereocenters. The van der Waals surface area contributed by atoms with E-state index < -0.39 is 0 Å². The smallest absolute Gasteiger partial charge is 0.0723 e. The van der Waals surface area contributed by atoms with Crippen LogP contribution in [-0.4, -0.2) is 0 Å². The lowest BCUT2D eigenvalue weighted by Gasteiger charge is -2.21. The standard InChI is InChI=1S/C16H19BrN2/c1-10-8-12(3)14(9-11(10)2)16(19-18)13-6-4-5-7-15(13)17/h4-9,16,19H,18H2,1-3H3. The molecular formula is C16H19BrN2. The predicted molar refractivity (Wildman–Crippen MR) is 84.0 cm³/mol. The zero-order chi connectivity index (χ0) is 14.0. The molecule has 0 radical (unpaired) electrons. The molecule has 2 nitrogen and oxygen atoms in total. The third kappa shape index (κ3) is 2.89. The Morgan fingerprint density at radius 2 is 1.58 bits per heavy atom. The van der Waals surface area contributed by atoms with Gasteiger partial charge in [0.05, 0.1) is 6.04 Å². The van der Waals surface area contributed by atoms with Crippen LogP contribution in [0.4, 0.5) is 0 Å². The summed E-state index contributed by atoms with van der Waals surface area (Å²) in [5, 5.41) is 0. The third-order valence-corrected chi connectivity index (χ3v) is 4.30. The minimum absolute atomic E-state index is 0.00475. The maximum Gasteiger partial charge on any atom is 0.0723 e. The van der Waals surface area contributed by atoms with Gasteiger partial charge in [0, 0.05) is 4.47 Å². The highest BCUT2D eigenvalue weighted by Crippen LogP contribution is 2.31. The summed E-state index contributed by atoms with van der Waals surface area (Å²) in [7, 11) is 0. The van der Waals surface area contributed by atoms with Gasteiger partial charge in [-0.1, -0.05) is 46.3 Å². The molecule has 0 bridgehead atoms. The second kappa shape index (κ2) is 5.87. The third-order valence-electron chi connectivity index (χ3n) is 3.58. The van der Waals surface area contributed by atoms with E-state index in [1.807, 2.05) is 18.2 Å². The van der Waals surface area contributed by atoms with Gasteiger partial charge in [0.25, 0.3) is 0 Å². The molecule has 0 aliphatic rings. The van der Waals surface area contributed by atoms with Crippen LogP contribution in [0, 0.1) is 20.8 Å². The molecule has 3 heteroatoms. The number of hydrogen-bond donors (Lipinski definition) is 2. The molecule has 0 aromatic heterocycles. The fourth-order valence-corrected chi connectivity index (χ4v) is 2.86. The zero-order valence-corrected chi connectivity index (χ0v) is 13.1. The summed E-state index contributed by atoms with van der Waals surface area (Å²) in [6.45, 7) is 6.39. The van der Waals surface area contributed by atoms with Gasteiger partial charge in [-0.05, 0) is 54.7 Å². The van der Waals surface area contributed by atoms with Crippen molar-refractivity contribution < 1.29 is 0 Å². The summed E-state index contributed by atoms with van der Waals surface area (Å²) in [6, 6.07) is 12.6. The van der Waals surface area contributed by atoms with Gasteiger partial charge in [0.15, 0.2) is 0 Å². The Bertz CT molecular complexity index is 593. The van der Waals surface area contributed by atoms with E-state index >= 15 is 0 Å². The van der Waals surface area contributed by atoms with Crippen LogP contribution in [0.5, 0.6) is 0 Å². The number of nitrogens with one attached hydrogen (secondary N) is 1. The first kappa shape index (κ1) is 14.3. The topological polar surface area (TPSA) is 38.0 Å². The average Bonchev–Trinajstić information content (AvgIpc) is 2.38. The lowest BCUT2D eigenvalue weighted by molar-refractivity contribution is 0.631. The van der Waals surface area contributed by atoms with Gasteiger partial charge in [-0.25, -0.2) is 5.43 Å². The number of nitrogens with two attached hydrogens (primary N) is 1. The van der Waals surface area contributed by atoms with Crippen LogP contribution in [0.2, 0.25) is 0 Å². The zero-order valence-electron chi connectivity index (χ0n) is 11.5. The van der Waals surface area contributed by atoms with Crippen LogP contribution in [0.15, 0.2) is 40.9 Å². The van der Waals surface area contributed by atoms with Crippen molar-refractivity contribution in [3.05, 3.63) is 68.7 Å². The van der Waals surface area contributed by atoms with E-state index in [0.717, 1.165) is 10.0 Å². The molecule has 1 unspecified atom stereocenters. The van der Waals surface area contributed by atoms with E-state index in [-0.39, 0.29) is 6.04 Å². The quantitative estimate of drug-likeness (QED) is 0.664. The van der Waals surface area contributed by atoms with Crippen molar-refractivity contribution in [2.75, 3.05) is 0 Å². The fraction of sp³-hybridized carbons (Fsp3) is 0.250. The molecule has 0 saturated heterocycles. The minimum atomic E-state index is -0.00475. The summed E-state index contributed by atoms with van der Waals surface area (Å²) < 4.78 is 1.07. The van der Waals surface area contributed by atoms with Crippen LogP contribution in [0.25, 0.3) is 0 Å². The number of hydrogen-bond acceptors (Lipinski definition) is 2. The number of halogens is 1. The van der Waals surface area contributed by atoms with E-state index in [0.29, 0.717) is 0 Å². The van der Waals surface area contributed by atoms with Crippen molar-refractivity contribution in [2.45, 2.75) is 26.8 Å². The lowest BCUT2D eigenvalue weighted by atomic mass is 9.92. The first-order chi connectivity index (χ1) is 9.04. The molecule has 3 N–H and O–H groups in total. The first-order valence-corrected chi connectivity index (χ1v) is 7.12. The highest BCUT2D eigenvalue weighted by molar-refractivity contribution is 9.10. The van der Waals surface area contributed by atoms with Crippen molar-refractivity contribution in [1.29, 1.82) is 0 Å². The summed E-state index contributed by atoms with van der Waals surface area (Å²) in [5.41, 5.74) is 9.15. The minimum Gasteiger partial charge on any atom is -0.271 e. The Morgan fingerprint density at radius 3 is 2.21 bits per heavy atom. The number of benzene rings is 2. The van der Waals surface area contributed by atoms with Gasteiger partial charge in [-0.15, -0.1) is 0 Å². The molecule has 2 aromatic rings. The number of rotatable bonds is 3. The van der Waals surface area contributed by atoms with Crippen molar-refractivity contribution in [2.24, 2.45) is 5.84 Å². The molecule has 2 rings (SSSR count).